The van der Waals surface area contributed by atoms with Crippen molar-refractivity contribution in [3.63, 3.8) is 0 Å². The number of carboxylic acid groups (broad SMARTS) is 1. The van der Waals surface area contributed by atoms with E-state index in [1.54, 1.807) is 0 Å². The zero-order valence-corrected chi connectivity index (χ0v) is 11.6. The summed E-state index contributed by atoms with van der Waals surface area (Å²) in [6.07, 6.45) is 10.7. The van der Waals surface area contributed by atoms with Crippen molar-refractivity contribution in [3.05, 3.63) is 0 Å². The van der Waals surface area contributed by atoms with Gasteiger partial charge < -0.3 is 10.4 Å². The van der Waals surface area contributed by atoms with Crippen LogP contribution in [0.2, 0.25) is 0 Å². The molecule has 108 valence electrons. The Labute approximate surface area is 115 Å². The standard InChI is InChI=1S/C15H25NO3/c17-13(9-5-8-12-6-1-2-7-12)16-15(14(18)19)10-3-4-11-15/h12H,1-11H2,(H,16,17)(H,18,19). The molecule has 19 heavy (non-hydrogen) atoms. The van der Waals surface area contributed by atoms with Gasteiger partial charge in [-0.3, -0.25) is 4.79 Å². The third-order valence-corrected chi connectivity index (χ3v) is 4.74. The van der Waals surface area contributed by atoms with Gasteiger partial charge in [0.05, 0.1) is 0 Å². The number of amides is 1. The summed E-state index contributed by atoms with van der Waals surface area (Å²) in [6, 6.07) is 0. The van der Waals surface area contributed by atoms with Gasteiger partial charge in [0.1, 0.15) is 5.54 Å². The maximum absolute atomic E-state index is 11.9. The number of hydrogen-bond donors (Lipinski definition) is 2. The fourth-order valence-corrected chi connectivity index (χ4v) is 3.55. The minimum absolute atomic E-state index is 0.0812. The summed E-state index contributed by atoms with van der Waals surface area (Å²) in [5, 5.41) is 12.1. The molecule has 0 aromatic heterocycles. The van der Waals surface area contributed by atoms with Crippen molar-refractivity contribution in [2.24, 2.45) is 5.92 Å². The fourth-order valence-electron chi connectivity index (χ4n) is 3.55. The minimum atomic E-state index is -0.968. The number of nitrogens with one attached hydrogen (secondary N) is 1. The van der Waals surface area contributed by atoms with E-state index in [0.29, 0.717) is 19.3 Å². The van der Waals surface area contributed by atoms with Crippen molar-refractivity contribution in [1.82, 2.24) is 5.32 Å². The van der Waals surface area contributed by atoms with Crippen molar-refractivity contribution >= 4 is 11.9 Å². The Balaban J connectivity index is 1.72. The molecular formula is C15H25NO3. The van der Waals surface area contributed by atoms with E-state index in [2.05, 4.69) is 5.32 Å². The molecule has 0 bridgehead atoms. The SMILES string of the molecule is O=C(CCCC1CCCC1)NC1(C(=O)O)CCCC1. The van der Waals surface area contributed by atoms with E-state index in [0.717, 1.165) is 31.6 Å². The molecule has 4 nitrogen and oxygen atoms in total. The highest BCUT2D eigenvalue weighted by Gasteiger charge is 2.42. The van der Waals surface area contributed by atoms with Gasteiger partial charge in [0.15, 0.2) is 0 Å². The molecular weight excluding hydrogens is 242 g/mol. The third kappa shape index (κ3) is 3.71. The lowest BCUT2D eigenvalue weighted by Crippen LogP contribution is -2.52. The van der Waals surface area contributed by atoms with Gasteiger partial charge in [-0.2, -0.15) is 0 Å². The predicted molar refractivity (Wildman–Crippen MR) is 72.8 cm³/mol. The third-order valence-electron chi connectivity index (χ3n) is 4.74. The molecule has 4 heteroatoms. The average molecular weight is 267 g/mol. The molecule has 0 unspecified atom stereocenters. The Morgan fingerprint density at radius 3 is 2.32 bits per heavy atom. The van der Waals surface area contributed by atoms with E-state index in [9.17, 15) is 14.7 Å². The molecule has 2 aliphatic carbocycles. The lowest BCUT2D eigenvalue weighted by molar-refractivity contribution is -0.147. The van der Waals surface area contributed by atoms with Crippen molar-refractivity contribution in [2.75, 3.05) is 0 Å². The Morgan fingerprint density at radius 2 is 1.74 bits per heavy atom. The second-order valence-corrected chi connectivity index (χ2v) is 6.19. The summed E-state index contributed by atoms with van der Waals surface area (Å²) in [6.45, 7) is 0. The first-order valence-electron chi connectivity index (χ1n) is 7.67. The van der Waals surface area contributed by atoms with E-state index < -0.39 is 11.5 Å². The molecule has 1 amide bonds. The summed E-state index contributed by atoms with van der Waals surface area (Å²) in [5.74, 6) is -0.149. The van der Waals surface area contributed by atoms with Crippen LogP contribution in [0.1, 0.15) is 70.6 Å². The van der Waals surface area contributed by atoms with Crippen LogP contribution in [0.3, 0.4) is 0 Å². The molecule has 0 aliphatic heterocycles. The predicted octanol–water partition coefficient (Wildman–Crippen LogP) is 2.86. The molecule has 2 N–H and O–H groups in total. The quantitative estimate of drug-likeness (QED) is 0.777. The second-order valence-electron chi connectivity index (χ2n) is 6.19. The lowest BCUT2D eigenvalue weighted by Gasteiger charge is -2.25. The van der Waals surface area contributed by atoms with Crippen LogP contribution in [-0.4, -0.2) is 22.5 Å². The van der Waals surface area contributed by atoms with Gasteiger partial charge in [-0.05, 0) is 31.6 Å². The van der Waals surface area contributed by atoms with Gasteiger partial charge >= 0.3 is 5.97 Å². The molecule has 2 rings (SSSR count). The molecule has 0 spiro atoms. The molecule has 0 radical (unpaired) electrons. The molecule has 0 saturated heterocycles. The average Bonchev–Trinajstić information content (AvgIpc) is 3.00. The summed E-state index contributed by atoms with van der Waals surface area (Å²) in [7, 11) is 0. The van der Waals surface area contributed by atoms with Gasteiger partial charge in [0.25, 0.3) is 0 Å². The lowest BCUT2D eigenvalue weighted by atomic mass is 9.96. The number of carbonyl (C=O) groups excluding carboxylic acids is 1. The highest BCUT2D eigenvalue weighted by atomic mass is 16.4. The van der Waals surface area contributed by atoms with E-state index in [1.165, 1.54) is 25.7 Å². The molecule has 2 fully saturated rings. The fraction of sp³-hybridized carbons (Fsp3) is 0.867. The highest BCUT2D eigenvalue weighted by Crippen LogP contribution is 2.31. The number of hydrogen-bond acceptors (Lipinski definition) is 2. The first kappa shape index (κ1) is 14.4. The second kappa shape index (κ2) is 6.40. The van der Waals surface area contributed by atoms with Crippen molar-refractivity contribution in [1.29, 1.82) is 0 Å². The van der Waals surface area contributed by atoms with E-state index in [1.807, 2.05) is 0 Å². The Kier molecular flexibility index (Phi) is 4.83. The minimum Gasteiger partial charge on any atom is -0.480 e. The van der Waals surface area contributed by atoms with Gasteiger partial charge in [-0.25, -0.2) is 4.79 Å². The van der Waals surface area contributed by atoms with Crippen LogP contribution < -0.4 is 5.32 Å². The molecule has 2 aliphatic rings. The first-order valence-corrected chi connectivity index (χ1v) is 7.67. The molecule has 0 aromatic rings. The maximum Gasteiger partial charge on any atom is 0.329 e. The number of carbonyl (C=O) groups is 2. The van der Waals surface area contributed by atoms with Crippen LogP contribution in [0, 0.1) is 5.92 Å². The van der Waals surface area contributed by atoms with Crippen molar-refractivity contribution in [2.45, 2.75) is 76.2 Å². The summed E-state index contributed by atoms with van der Waals surface area (Å²) in [4.78, 5) is 23.2. The first-order chi connectivity index (χ1) is 9.12. The largest absolute Gasteiger partial charge is 0.480 e. The van der Waals surface area contributed by atoms with Crippen LogP contribution in [-0.2, 0) is 9.59 Å². The number of rotatable bonds is 6. The maximum atomic E-state index is 11.9. The highest BCUT2D eigenvalue weighted by molar-refractivity contribution is 5.87. The number of aliphatic carboxylic acids is 1. The van der Waals surface area contributed by atoms with Crippen LogP contribution >= 0.6 is 0 Å². The normalized spacial score (nSPS) is 22.5. The summed E-state index contributed by atoms with van der Waals surface area (Å²) < 4.78 is 0. The van der Waals surface area contributed by atoms with Crippen LogP contribution in [0.4, 0.5) is 0 Å². The van der Waals surface area contributed by atoms with Gasteiger partial charge in [0, 0.05) is 6.42 Å². The molecule has 2 saturated carbocycles. The molecule has 0 heterocycles. The topological polar surface area (TPSA) is 66.4 Å². The van der Waals surface area contributed by atoms with Gasteiger partial charge in [0.2, 0.25) is 5.91 Å². The zero-order chi connectivity index (χ0) is 13.7. The Bertz CT molecular complexity index is 328. The molecule has 0 atom stereocenters. The number of carboxylic acids is 1. The molecule has 0 aromatic carbocycles. The van der Waals surface area contributed by atoms with E-state index in [4.69, 9.17) is 0 Å². The van der Waals surface area contributed by atoms with E-state index in [-0.39, 0.29) is 5.91 Å². The Morgan fingerprint density at radius 1 is 1.11 bits per heavy atom. The van der Waals surface area contributed by atoms with Crippen LogP contribution in [0.25, 0.3) is 0 Å². The monoisotopic (exact) mass is 267 g/mol. The van der Waals surface area contributed by atoms with Crippen LogP contribution in [0.15, 0.2) is 0 Å². The van der Waals surface area contributed by atoms with Gasteiger partial charge in [-0.15, -0.1) is 0 Å². The summed E-state index contributed by atoms with van der Waals surface area (Å²) >= 11 is 0. The smallest absolute Gasteiger partial charge is 0.329 e. The van der Waals surface area contributed by atoms with Gasteiger partial charge in [-0.1, -0.05) is 38.5 Å². The zero-order valence-electron chi connectivity index (χ0n) is 11.6. The van der Waals surface area contributed by atoms with E-state index >= 15 is 0 Å². The Hall–Kier alpha value is -1.06. The van der Waals surface area contributed by atoms with Crippen molar-refractivity contribution < 1.29 is 14.7 Å². The van der Waals surface area contributed by atoms with Crippen molar-refractivity contribution in [3.8, 4) is 0 Å². The summed E-state index contributed by atoms with van der Waals surface area (Å²) in [5.41, 5.74) is -0.968. The van der Waals surface area contributed by atoms with Crippen LogP contribution in [0.5, 0.6) is 0 Å².